The van der Waals surface area contributed by atoms with Crippen molar-refractivity contribution in [1.29, 1.82) is 0 Å². The molecule has 9 nitrogen and oxygen atoms in total. The second kappa shape index (κ2) is 9.56. The van der Waals surface area contributed by atoms with Gasteiger partial charge in [0.2, 0.25) is 5.75 Å². The Bertz CT molecular complexity index is 902. The zero-order valence-electron chi connectivity index (χ0n) is 15.4. The zero-order chi connectivity index (χ0) is 20.7. The van der Waals surface area contributed by atoms with E-state index in [2.05, 4.69) is 15.8 Å². The Labute approximate surface area is 166 Å². The standard InChI is InChI=1S/C18H19ClN4O5/c1-11(2)28-17-15(23(25)26)7-12(8-16(17)27-3)10-20-22-18(24)21-14-6-4-5-13(19)9-14/h4-11H,1-3H3,(H2,21,22,24)/b20-10-. The van der Waals surface area contributed by atoms with Gasteiger partial charge >= 0.3 is 11.7 Å². The minimum absolute atomic E-state index is 0.0336. The van der Waals surface area contributed by atoms with Crippen LogP contribution in [-0.4, -0.2) is 30.4 Å². The molecule has 0 aliphatic rings. The summed E-state index contributed by atoms with van der Waals surface area (Å²) in [4.78, 5) is 22.7. The molecular formula is C18H19ClN4O5. The minimum atomic E-state index is -0.597. The van der Waals surface area contributed by atoms with Crippen LogP contribution in [0.25, 0.3) is 0 Å². The quantitative estimate of drug-likeness (QED) is 0.406. The number of amides is 2. The van der Waals surface area contributed by atoms with Crippen LogP contribution in [0.15, 0.2) is 41.5 Å². The van der Waals surface area contributed by atoms with Gasteiger partial charge < -0.3 is 14.8 Å². The number of carbonyl (C=O) groups is 1. The number of methoxy groups -OCH3 is 1. The number of urea groups is 1. The topological polar surface area (TPSA) is 115 Å². The van der Waals surface area contributed by atoms with E-state index in [1.807, 2.05) is 0 Å². The molecule has 148 valence electrons. The van der Waals surface area contributed by atoms with Crippen LogP contribution in [0.4, 0.5) is 16.2 Å². The van der Waals surface area contributed by atoms with Gasteiger partial charge in [-0.1, -0.05) is 17.7 Å². The van der Waals surface area contributed by atoms with E-state index in [9.17, 15) is 14.9 Å². The molecule has 0 radical (unpaired) electrons. The maximum Gasteiger partial charge on any atom is 0.339 e. The number of hydrogen-bond acceptors (Lipinski definition) is 6. The van der Waals surface area contributed by atoms with E-state index < -0.39 is 11.0 Å². The average Bonchev–Trinajstić information content (AvgIpc) is 2.61. The van der Waals surface area contributed by atoms with E-state index in [-0.39, 0.29) is 23.3 Å². The number of nitro benzene ring substituents is 1. The fourth-order valence-electron chi connectivity index (χ4n) is 2.21. The van der Waals surface area contributed by atoms with Crippen LogP contribution >= 0.6 is 11.6 Å². The van der Waals surface area contributed by atoms with Gasteiger partial charge in [0.05, 0.1) is 24.4 Å². The van der Waals surface area contributed by atoms with Crippen LogP contribution in [-0.2, 0) is 0 Å². The number of anilines is 1. The van der Waals surface area contributed by atoms with Crippen molar-refractivity contribution in [1.82, 2.24) is 5.43 Å². The molecule has 0 fully saturated rings. The van der Waals surface area contributed by atoms with E-state index >= 15 is 0 Å². The molecule has 0 aliphatic heterocycles. The highest BCUT2D eigenvalue weighted by molar-refractivity contribution is 6.30. The first kappa shape index (κ1) is 21.0. The Morgan fingerprint density at radius 2 is 2.07 bits per heavy atom. The monoisotopic (exact) mass is 406 g/mol. The summed E-state index contributed by atoms with van der Waals surface area (Å²) in [6, 6.07) is 8.80. The van der Waals surface area contributed by atoms with E-state index in [1.54, 1.807) is 38.1 Å². The Morgan fingerprint density at radius 3 is 2.68 bits per heavy atom. The molecule has 10 heteroatoms. The molecular weight excluding hydrogens is 388 g/mol. The number of hydrogen-bond donors (Lipinski definition) is 2. The van der Waals surface area contributed by atoms with E-state index in [1.165, 1.54) is 25.5 Å². The Balaban J connectivity index is 2.15. The summed E-state index contributed by atoms with van der Waals surface area (Å²) in [5.74, 6) is 0.221. The van der Waals surface area contributed by atoms with E-state index in [4.69, 9.17) is 21.1 Å². The SMILES string of the molecule is COc1cc(/C=N\NC(=O)Nc2cccc(Cl)c2)cc([N+](=O)[O-])c1OC(C)C. The number of nitrogens with one attached hydrogen (secondary N) is 2. The Kier molecular flexibility index (Phi) is 7.16. The fraction of sp³-hybridized carbons (Fsp3) is 0.222. The molecule has 0 bridgehead atoms. The largest absolute Gasteiger partial charge is 0.493 e. The molecule has 0 aliphatic carbocycles. The first-order chi connectivity index (χ1) is 13.3. The van der Waals surface area contributed by atoms with Crippen LogP contribution in [0.1, 0.15) is 19.4 Å². The lowest BCUT2D eigenvalue weighted by molar-refractivity contribution is -0.386. The second-order valence-electron chi connectivity index (χ2n) is 5.83. The molecule has 0 saturated carbocycles. The minimum Gasteiger partial charge on any atom is -0.493 e. The van der Waals surface area contributed by atoms with Crippen molar-refractivity contribution in [2.24, 2.45) is 5.10 Å². The summed E-state index contributed by atoms with van der Waals surface area (Å²) in [5, 5.41) is 18.2. The molecule has 2 aromatic carbocycles. The third kappa shape index (κ3) is 5.85. The van der Waals surface area contributed by atoms with Crippen LogP contribution in [0, 0.1) is 10.1 Å². The number of nitrogens with zero attached hydrogens (tertiary/aromatic N) is 2. The molecule has 0 heterocycles. The molecule has 2 rings (SSSR count). The average molecular weight is 407 g/mol. The Hall–Kier alpha value is -3.33. The highest BCUT2D eigenvalue weighted by Crippen LogP contribution is 2.38. The zero-order valence-corrected chi connectivity index (χ0v) is 16.2. The van der Waals surface area contributed by atoms with Crippen molar-refractivity contribution in [3.05, 3.63) is 57.1 Å². The third-order valence-corrected chi connectivity index (χ3v) is 3.53. The molecule has 28 heavy (non-hydrogen) atoms. The van der Waals surface area contributed by atoms with Gasteiger partial charge in [-0.3, -0.25) is 10.1 Å². The van der Waals surface area contributed by atoms with Gasteiger partial charge in [0, 0.05) is 22.3 Å². The number of carbonyl (C=O) groups excluding carboxylic acids is 1. The second-order valence-corrected chi connectivity index (χ2v) is 6.27. The summed E-state index contributed by atoms with van der Waals surface area (Å²) in [6.45, 7) is 3.50. The summed E-state index contributed by atoms with van der Waals surface area (Å²) in [6.07, 6.45) is 0.982. The normalized spacial score (nSPS) is 10.8. The maximum atomic E-state index is 11.9. The summed E-state index contributed by atoms with van der Waals surface area (Å²) in [5.41, 5.74) is 2.84. The lowest BCUT2D eigenvalue weighted by Gasteiger charge is -2.14. The highest BCUT2D eigenvalue weighted by Gasteiger charge is 2.23. The first-order valence-electron chi connectivity index (χ1n) is 8.19. The van der Waals surface area contributed by atoms with Crippen LogP contribution in [0.3, 0.4) is 0 Å². The number of hydrazone groups is 1. The highest BCUT2D eigenvalue weighted by atomic mass is 35.5. The molecule has 0 spiro atoms. The van der Waals surface area contributed by atoms with Crippen molar-refractivity contribution in [2.45, 2.75) is 20.0 Å². The van der Waals surface area contributed by atoms with Crippen molar-refractivity contribution in [3.8, 4) is 11.5 Å². The van der Waals surface area contributed by atoms with Crippen molar-refractivity contribution in [3.63, 3.8) is 0 Å². The van der Waals surface area contributed by atoms with Crippen LogP contribution < -0.4 is 20.2 Å². The molecule has 2 N–H and O–H groups in total. The maximum absolute atomic E-state index is 11.9. The Morgan fingerprint density at radius 1 is 1.32 bits per heavy atom. The van der Waals surface area contributed by atoms with Gasteiger partial charge in [-0.15, -0.1) is 0 Å². The van der Waals surface area contributed by atoms with Crippen molar-refractivity contribution in [2.75, 3.05) is 12.4 Å². The summed E-state index contributed by atoms with van der Waals surface area (Å²) in [7, 11) is 1.38. The number of benzene rings is 2. The predicted molar refractivity (Wildman–Crippen MR) is 107 cm³/mol. The molecule has 0 saturated heterocycles. The van der Waals surface area contributed by atoms with Gasteiger partial charge in [-0.25, -0.2) is 10.2 Å². The van der Waals surface area contributed by atoms with Gasteiger partial charge in [-0.05, 0) is 38.1 Å². The third-order valence-electron chi connectivity index (χ3n) is 3.29. The lowest BCUT2D eigenvalue weighted by Crippen LogP contribution is -2.24. The number of halogens is 1. The van der Waals surface area contributed by atoms with Crippen molar-refractivity contribution < 1.29 is 19.2 Å². The number of rotatable bonds is 7. The molecule has 0 unspecified atom stereocenters. The summed E-state index contributed by atoms with van der Waals surface area (Å²) >= 11 is 5.85. The van der Waals surface area contributed by atoms with Crippen LogP contribution in [0.5, 0.6) is 11.5 Å². The van der Waals surface area contributed by atoms with Crippen LogP contribution in [0.2, 0.25) is 5.02 Å². The smallest absolute Gasteiger partial charge is 0.339 e. The molecule has 0 aromatic heterocycles. The molecule has 0 atom stereocenters. The van der Waals surface area contributed by atoms with Gasteiger partial charge in [0.15, 0.2) is 5.75 Å². The van der Waals surface area contributed by atoms with Gasteiger partial charge in [-0.2, -0.15) is 5.10 Å². The van der Waals surface area contributed by atoms with Gasteiger partial charge in [0.1, 0.15) is 0 Å². The predicted octanol–water partition coefficient (Wildman–Crippen LogP) is 4.20. The first-order valence-corrected chi connectivity index (χ1v) is 8.56. The lowest BCUT2D eigenvalue weighted by atomic mass is 10.2. The fourth-order valence-corrected chi connectivity index (χ4v) is 2.41. The molecule has 2 amide bonds. The van der Waals surface area contributed by atoms with E-state index in [0.29, 0.717) is 16.3 Å². The van der Waals surface area contributed by atoms with E-state index in [0.717, 1.165) is 0 Å². The number of nitro groups is 1. The van der Waals surface area contributed by atoms with Crippen molar-refractivity contribution >= 4 is 35.2 Å². The number of ether oxygens (including phenoxy) is 2. The molecule has 2 aromatic rings. The summed E-state index contributed by atoms with van der Waals surface area (Å²) < 4.78 is 10.7. The van der Waals surface area contributed by atoms with Gasteiger partial charge in [0.25, 0.3) is 0 Å².